The third kappa shape index (κ3) is 3.33. The molecule has 1 aliphatic carbocycles. The van der Waals surface area contributed by atoms with Crippen LogP contribution in [0, 0.1) is 5.92 Å². The predicted octanol–water partition coefficient (Wildman–Crippen LogP) is 2.28. The van der Waals surface area contributed by atoms with Gasteiger partial charge in [-0.15, -0.1) is 0 Å². The van der Waals surface area contributed by atoms with E-state index in [2.05, 4.69) is 24.3 Å². The van der Waals surface area contributed by atoms with E-state index in [1.165, 1.54) is 12.8 Å². The van der Waals surface area contributed by atoms with E-state index in [4.69, 9.17) is 9.47 Å². The van der Waals surface area contributed by atoms with Gasteiger partial charge in [-0.25, -0.2) is 0 Å². The molecule has 0 amide bonds. The van der Waals surface area contributed by atoms with E-state index in [-0.39, 0.29) is 12.1 Å². The molecule has 0 spiro atoms. The molecule has 1 N–H and O–H groups in total. The summed E-state index contributed by atoms with van der Waals surface area (Å²) in [6, 6.07) is 0.143. The molecule has 1 aromatic heterocycles. The lowest BCUT2D eigenvalue weighted by molar-refractivity contribution is 0.0160. The van der Waals surface area contributed by atoms with Crippen molar-refractivity contribution in [2.75, 3.05) is 20.3 Å². The summed E-state index contributed by atoms with van der Waals surface area (Å²) in [5.74, 6) is 1.50. The van der Waals surface area contributed by atoms with Gasteiger partial charge in [-0.2, -0.15) is 5.10 Å². The lowest BCUT2D eigenvalue weighted by Gasteiger charge is -2.28. The van der Waals surface area contributed by atoms with E-state index in [0.29, 0.717) is 5.92 Å². The Balaban J connectivity index is 2.27. The summed E-state index contributed by atoms with van der Waals surface area (Å²) in [5, 5.41) is 7.96. The summed E-state index contributed by atoms with van der Waals surface area (Å²) >= 11 is 0. The Morgan fingerprint density at radius 3 is 2.75 bits per heavy atom. The molecular weight excluding hydrogens is 254 g/mol. The minimum atomic E-state index is 0.143. The number of aryl methyl sites for hydroxylation is 1. The number of hydrogen-bond donors (Lipinski definition) is 1. The van der Waals surface area contributed by atoms with Gasteiger partial charge in [0.15, 0.2) is 5.75 Å². The Hall–Kier alpha value is -1.07. The standard InChI is InChI=1S/C15H27N3O2/c1-5-9-16-13(15(20-6-2)11-7-8-11)14-12(19-4)10-17-18(14)3/h10-11,13,15-16H,5-9H2,1-4H3. The fourth-order valence-electron chi connectivity index (χ4n) is 2.73. The van der Waals surface area contributed by atoms with Gasteiger partial charge in [0, 0.05) is 13.7 Å². The van der Waals surface area contributed by atoms with Crippen LogP contribution in [0.15, 0.2) is 6.20 Å². The van der Waals surface area contributed by atoms with Crippen LogP contribution < -0.4 is 10.1 Å². The van der Waals surface area contributed by atoms with Crippen LogP contribution in [0.4, 0.5) is 0 Å². The first kappa shape index (κ1) is 15.3. The Bertz CT molecular complexity index is 415. The lowest BCUT2D eigenvalue weighted by Crippen LogP contribution is -2.37. The first-order valence-electron chi connectivity index (χ1n) is 7.63. The van der Waals surface area contributed by atoms with E-state index >= 15 is 0 Å². The highest BCUT2D eigenvalue weighted by molar-refractivity contribution is 5.29. The van der Waals surface area contributed by atoms with Gasteiger partial charge in [-0.05, 0) is 38.6 Å². The number of nitrogens with zero attached hydrogens (tertiary/aromatic N) is 2. The molecule has 1 aromatic rings. The number of aromatic nitrogens is 2. The van der Waals surface area contributed by atoms with Crippen molar-refractivity contribution in [1.29, 1.82) is 0 Å². The molecule has 2 rings (SSSR count). The van der Waals surface area contributed by atoms with Crippen molar-refractivity contribution in [3.63, 3.8) is 0 Å². The average molecular weight is 281 g/mol. The Morgan fingerprint density at radius 2 is 2.20 bits per heavy atom. The molecule has 114 valence electrons. The smallest absolute Gasteiger partial charge is 0.161 e. The summed E-state index contributed by atoms with van der Waals surface area (Å²) in [6.45, 7) is 5.95. The van der Waals surface area contributed by atoms with Crippen LogP contribution in [-0.2, 0) is 11.8 Å². The van der Waals surface area contributed by atoms with Gasteiger partial charge < -0.3 is 14.8 Å². The quantitative estimate of drug-likeness (QED) is 0.754. The molecule has 0 aromatic carbocycles. The van der Waals surface area contributed by atoms with E-state index in [0.717, 1.165) is 31.0 Å². The number of rotatable bonds is 9. The molecule has 5 nitrogen and oxygen atoms in total. The van der Waals surface area contributed by atoms with E-state index in [9.17, 15) is 0 Å². The van der Waals surface area contributed by atoms with Crippen molar-refractivity contribution in [3.05, 3.63) is 11.9 Å². The van der Waals surface area contributed by atoms with Crippen LogP contribution in [0.1, 0.15) is 44.8 Å². The summed E-state index contributed by atoms with van der Waals surface area (Å²) in [5.41, 5.74) is 1.09. The SMILES string of the molecule is CCCNC(c1c(OC)cnn1C)C(OCC)C1CC1. The molecule has 1 heterocycles. The molecule has 2 unspecified atom stereocenters. The molecule has 1 saturated carbocycles. The van der Waals surface area contributed by atoms with Gasteiger partial charge in [0.25, 0.3) is 0 Å². The Morgan fingerprint density at radius 1 is 1.45 bits per heavy atom. The lowest BCUT2D eigenvalue weighted by atomic mass is 10.0. The number of hydrogen-bond acceptors (Lipinski definition) is 4. The first-order chi connectivity index (χ1) is 9.72. The van der Waals surface area contributed by atoms with Crippen molar-refractivity contribution in [2.45, 2.75) is 45.3 Å². The monoisotopic (exact) mass is 281 g/mol. The highest BCUT2D eigenvalue weighted by atomic mass is 16.5. The molecular formula is C15H27N3O2. The summed E-state index contributed by atoms with van der Waals surface area (Å²) in [4.78, 5) is 0. The van der Waals surface area contributed by atoms with Gasteiger partial charge >= 0.3 is 0 Å². The van der Waals surface area contributed by atoms with Crippen molar-refractivity contribution < 1.29 is 9.47 Å². The summed E-state index contributed by atoms with van der Waals surface area (Å²) in [7, 11) is 3.67. The normalized spacial score (nSPS) is 18.0. The molecule has 1 fully saturated rings. The van der Waals surface area contributed by atoms with Crippen LogP contribution in [0.25, 0.3) is 0 Å². The van der Waals surface area contributed by atoms with Gasteiger partial charge in [-0.3, -0.25) is 4.68 Å². The maximum Gasteiger partial charge on any atom is 0.161 e. The maximum atomic E-state index is 6.04. The minimum absolute atomic E-state index is 0.143. The number of ether oxygens (including phenoxy) is 2. The zero-order valence-corrected chi connectivity index (χ0v) is 13.1. The van der Waals surface area contributed by atoms with Crippen LogP contribution in [0.3, 0.4) is 0 Å². The third-order valence-electron chi connectivity index (χ3n) is 3.85. The second kappa shape index (κ2) is 7.09. The predicted molar refractivity (Wildman–Crippen MR) is 78.9 cm³/mol. The zero-order valence-electron chi connectivity index (χ0n) is 13.1. The van der Waals surface area contributed by atoms with Crippen LogP contribution >= 0.6 is 0 Å². The Labute approximate surface area is 121 Å². The molecule has 0 aliphatic heterocycles. The van der Waals surface area contributed by atoms with E-state index in [1.807, 2.05) is 11.7 Å². The van der Waals surface area contributed by atoms with Gasteiger partial charge in [-0.1, -0.05) is 6.92 Å². The highest BCUT2D eigenvalue weighted by Gasteiger charge is 2.40. The van der Waals surface area contributed by atoms with Crippen LogP contribution in [0.5, 0.6) is 5.75 Å². The van der Waals surface area contributed by atoms with Crippen LogP contribution in [-0.4, -0.2) is 36.1 Å². The first-order valence-corrected chi connectivity index (χ1v) is 7.63. The zero-order chi connectivity index (χ0) is 14.5. The largest absolute Gasteiger partial charge is 0.493 e. The second-order valence-electron chi connectivity index (χ2n) is 5.41. The fraction of sp³-hybridized carbons (Fsp3) is 0.800. The van der Waals surface area contributed by atoms with Gasteiger partial charge in [0.05, 0.1) is 31.1 Å². The number of nitrogens with one attached hydrogen (secondary N) is 1. The number of methoxy groups -OCH3 is 1. The minimum Gasteiger partial charge on any atom is -0.493 e. The van der Waals surface area contributed by atoms with Crippen molar-refractivity contribution in [2.24, 2.45) is 13.0 Å². The molecule has 2 atom stereocenters. The van der Waals surface area contributed by atoms with Crippen molar-refractivity contribution in [1.82, 2.24) is 15.1 Å². The maximum absolute atomic E-state index is 6.04. The van der Waals surface area contributed by atoms with E-state index in [1.54, 1.807) is 13.3 Å². The second-order valence-corrected chi connectivity index (χ2v) is 5.41. The fourth-order valence-corrected chi connectivity index (χ4v) is 2.73. The molecule has 1 aliphatic rings. The molecule has 5 heteroatoms. The van der Waals surface area contributed by atoms with E-state index < -0.39 is 0 Å². The molecule has 0 radical (unpaired) electrons. The van der Waals surface area contributed by atoms with Gasteiger partial charge in [0.1, 0.15) is 0 Å². The summed E-state index contributed by atoms with van der Waals surface area (Å²) in [6.07, 6.45) is 5.60. The van der Waals surface area contributed by atoms with Crippen LogP contribution in [0.2, 0.25) is 0 Å². The van der Waals surface area contributed by atoms with Crippen molar-refractivity contribution in [3.8, 4) is 5.75 Å². The highest BCUT2D eigenvalue weighted by Crippen LogP contribution is 2.41. The van der Waals surface area contributed by atoms with Crippen molar-refractivity contribution >= 4 is 0 Å². The molecule has 0 bridgehead atoms. The summed E-state index contributed by atoms with van der Waals surface area (Å²) < 4.78 is 13.4. The average Bonchev–Trinajstić information content (AvgIpc) is 3.22. The van der Waals surface area contributed by atoms with Gasteiger partial charge in [0.2, 0.25) is 0 Å². The molecule has 20 heavy (non-hydrogen) atoms. The molecule has 0 saturated heterocycles. The topological polar surface area (TPSA) is 48.3 Å². The Kier molecular flexibility index (Phi) is 5.43. The third-order valence-corrected chi connectivity index (χ3v) is 3.85.